The molecule has 0 atom stereocenters. The molecular formula is C19H23NO5S. The molecule has 0 unspecified atom stereocenters. The van der Waals surface area contributed by atoms with Crippen molar-refractivity contribution in [2.75, 3.05) is 20.8 Å². The molecule has 0 bridgehead atoms. The number of hydrogen-bond donors (Lipinski definition) is 1. The topological polar surface area (TPSA) is 81.7 Å². The van der Waals surface area contributed by atoms with Crippen LogP contribution < -0.4 is 9.46 Å². The summed E-state index contributed by atoms with van der Waals surface area (Å²) < 4.78 is 37.7. The minimum atomic E-state index is -3.68. The Morgan fingerprint density at radius 1 is 1.08 bits per heavy atom. The summed E-state index contributed by atoms with van der Waals surface area (Å²) in [4.78, 5) is 11.7. The highest BCUT2D eigenvalue weighted by molar-refractivity contribution is 7.89. The predicted molar refractivity (Wildman–Crippen MR) is 99.1 cm³/mol. The maximum Gasteiger partial charge on any atom is 0.337 e. The molecule has 0 saturated heterocycles. The Labute approximate surface area is 154 Å². The molecule has 0 fully saturated rings. The van der Waals surface area contributed by atoms with E-state index in [1.165, 1.54) is 25.3 Å². The van der Waals surface area contributed by atoms with Crippen molar-refractivity contribution in [3.05, 3.63) is 58.7 Å². The summed E-state index contributed by atoms with van der Waals surface area (Å²) in [6.45, 7) is 3.85. The van der Waals surface area contributed by atoms with Crippen LogP contribution in [0.3, 0.4) is 0 Å². The van der Waals surface area contributed by atoms with Crippen molar-refractivity contribution in [3.63, 3.8) is 0 Å². The van der Waals surface area contributed by atoms with Gasteiger partial charge in [-0.05, 0) is 55.7 Å². The van der Waals surface area contributed by atoms with E-state index in [2.05, 4.69) is 9.46 Å². The minimum absolute atomic E-state index is 0.140. The van der Waals surface area contributed by atoms with E-state index >= 15 is 0 Å². The Morgan fingerprint density at radius 2 is 1.81 bits per heavy atom. The van der Waals surface area contributed by atoms with Gasteiger partial charge in [-0.15, -0.1) is 0 Å². The Hall–Kier alpha value is -2.38. The molecule has 0 radical (unpaired) electrons. The number of carbonyl (C=O) groups excluding carboxylic acids is 1. The standard InChI is InChI=1S/C19H23NO5S/c1-13-5-7-17(24-3)15(11-13)9-10-20-26(22,23)18-8-6-16(12-14(18)2)19(21)25-4/h5-8,11-12,20H,9-10H2,1-4H3. The molecule has 0 aliphatic rings. The van der Waals surface area contributed by atoms with Crippen LogP contribution in [-0.4, -0.2) is 35.2 Å². The maximum absolute atomic E-state index is 12.6. The van der Waals surface area contributed by atoms with Gasteiger partial charge in [0.2, 0.25) is 10.0 Å². The lowest BCUT2D eigenvalue weighted by molar-refractivity contribution is 0.0600. The second-order valence-electron chi connectivity index (χ2n) is 5.93. The molecule has 0 heterocycles. The lowest BCUT2D eigenvalue weighted by atomic mass is 10.1. The lowest BCUT2D eigenvalue weighted by Gasteiger charge is -2.12. The summed E-state index contributed by atoms with van der Waals surface area (Å²) >= 11 is 0. The fourth-order valence-corrected chi connectivity index (χ4v) is 3.95. The number of hydrogen-bond acceptors (Lipinski definition) is 5. The first-order valence-corrected chi connectivity index (χ1v) is 9.59. The summed E-state index contributed by atoms with van der Waals surface area (Å²) in [6.07, 6.45) is 0.503. The van der Waals surface area contributed by atoms with Crippen molar-refractivity contribution in [3.8, 4) is 5.75 Å². The van der Waals surface area contributed by atoms with E-state index in [-0.39, 0.29) is 11.4 Å². The number of aryl methyl sites for hydroxylation is 2. The fourth-order valence-electron chi connectivity index (χ4n) is 2.70. The van der Waals surface area contributed by atoms with Gasteiger partial charge in [-0.3, -0.25) is 0 Å². The van der Waals surface area contributed by atoms with Gasteiger partial charge in [0.05, 0.1) is 24.7 Å². The lowest BCUT2D eigenvalue weighted by Crippen LogP contribution is -2.27. The number of benzene rings is 2. The second kappa shape index (κ2) is 8.33. The van der Waals surface area contributed by atoms with Crippen LogP contribution in [0, 0.1) is 13.8 Å². The van der Waals surface area contributed by atoms with Gasteiger partial charge in [-0.25, -0.2) is 17.9 Å². The summed E-state index contributed by atoms with van der Waals surface area (Å²) in [5.74, 6) is 0.227. The van der Waals surface area contributed by atoms with E-state index in [9.17, 15) is 13.2 Å². The second-order valence-corrected chi connectivity index (χ2v) is 7.67. The molecular weight excluding hydrogens is 354 g/mol. The molecule has 2 rings (SSSR count). The maximum atomic E-state index is 12.6. The van der Waals surface area contributed by atoms with Crippen LogP contribution >= 0.6 is 0 Å². The zero-order chi connectivity index (χ0) is 19.3. The van der Waals surface area contributed by atoms with Crippen LogP contribution in [0.15, 0.2) is 41.3 Å². The highest BCUT2D eigenvalue weighted by Crippen LogP contribution is 2.21. The minimum Gasteiger partial charge on any atom is -0.496 e. The van der Waals surface area contributed by atoms with Crippen molar-refractivity contribution in [1.29, 1.82) is 0 Å². The number of rotatable bonds is 7. The largest absolute Gasteiger partial charge is 0.496 e. The van der Waals surface area contributed by atoms with Crippen molar-refractivity contribution in [2.45, 2.75) is 25.2 Å². The molecule has 2 aromatic rings. The first-order chi connectivity index (χ1) is 12.3. The van der Waals surface area contributed by atoms with Gasteiger partial charge in [0.25, 0.3) is 0 Å². The van der Waals surface area contributed by atoms with Crippen molar-refractivity contribution in [2.24, 2.45) is 0 Å². The van der Waals surface area contributed by atoms with E-state index in [0.29, 0.717) is 17.5 Å². The normalized spacial score (nSPS) is 11.2. The molecule has 26 heavy (non-hydrogen) atoms. The number of nitrogens with one attached hydrogen (secondary N) is 1. The molecule has 1 N–H and O–H groups in total. The number of sulfonamides is 1. The third-order valence-corrected chi connectivity index (χ3v) is 5.63. The highest BCUT2D eigenvalue weighted by Gasteiger charge is 2.18. The van der Waals surface area contributed by atoms with Crippen LogP contribution in [0.2, 0.25) is 0 Å². The Bertz CT molecular complexity index is 906. The third-order valence-electron chi connectivity index (χ3n) is 4.01. The van der Waals surface area contributed by atoms with Gasteiger partial charge in [-0.2, -0.15) is 0 Å². The SMILES string of the molecule is COC(=O)c1ccc(S(=O)(=O)NCCc2cc(C)ccc2OC)c(C)c1. The zero-order valence-electron chi connectivity index (χ0n) is 15.3. The Kier molecular flexibility index (Phi) is 6.39. The predicted octanol–water partition coefficient (Wildman–Crippen LogP) is 2.62. The molecule has 0 amide bonds. The number of esters is 1. The number of ether oxygens (including phenoxy) is 2. The molecule has 6 nitrogen and oxygen atoms in total. The molecule has 2 aromatic carbocycles. The van der Waals surface area contributed by atoms with Crippen LogP contribution in [-0.2, 0) is 21.2 Å². The summed E-state index contributed by atoms with van der Waals surface area (Å²) in [6, 6.07) is 10.1. The van der Waals surface area contributed by atoms with Gasteiger partial charge in [0, 0.05) is 6.54 Å². The Morgan fingerprint density at radius 3 is 2.42 bits per heavy atom. The quantitative estimate of drug-likeness (QED) is 0.750. The van der Waals surface area contributed by atoms with Crippen LogP contribution in [0.25, 0.3) is 0 Å². The van der Waals surface area contributed by atoms with Gasteiger partial charge < -0.3 is 9.47 Å². The van der Waals surface area contributed by atoms with Crippen molar-refractivity contribution < 1.29 is 22.7 Å². The molecule has 0 aromatic heterocycles. The first kappa shape index (κ1) is 19.9. The van der Waals surface area contributed by atoms with E-state index < -0.39 is 16.0 Å². The third kappa shape index (κ3) is 4.62. The van der Waals surface area contributed by atoms with E-state index in [4.69, 9.17) is 4.74 Å². The summed E-state index contributed by atoms with van der Waals surface area (Å²) in [5, 5.41) is 0. The van der Waals surface area contributed by atoms with Gasteiger partial charge >= 0.3 is 5.97 Å². The van der Waals surface area contributed by atoms with Gasteiger partial charge in [0.15, 0.2) is 0 Å². The first-order valence-electron chi connectivity index (χ1n) is 8.10. The number of methoxy groups -OCH3 is 2. The van der Waals surface area contributed by atoms with Crippen LogP contribution in [0.1, 0.15) is 27.0 Å². The van der Waals surface area contributed by atoms with Crippen LogP contribution in [0.5, 0.6) is 5.75 Å². The number of carbonyl (C=O) groups is 1. The van der Waals surface area contributed by atoms with Crippen molar-refractivity contribution in [1.82, 2.24) is 4.72 Å². The summed E-state index contributed by atoms with van der Waals surface area (Å²) in [5.41, 5.74) is 2.81. The van der Waals surface area contributed by atoms with E-state index in [0.717, 1.165) is 16.9 Å². The van der Waals surface area contributed by atoms with E-state index in [1.54, 1.807) is 14.0 Å². The smallest absolute Gasteiger partial charge is 0.337 e. The molecule has 7 heteroatoms. The molecule has 0 saturated carbocycles. The zero-order valence-corrected chi connectivity index (χ0v) is 16.1. The molecule has 0 spiro atoms. The van der Waals surface area contributed by atoms with Crippen LogP contribution in [0.4, 0.5) is 0 Å². The van der Waals surface area contributed by atoms with Gasteiger partial charge in [-0.1, -0.05) is 17.7 Å². The Balaban J connectivity index is 2.12. The van der Waals surface area contributed by atoms with Gasteiger partial charge in [0.1, 0.15) is 5.75 Å². The average molecular weight is 377 g/mol. The molecule has 0 aliphatic heterocycles. The highest BCUT2D eigenvalue weighted by atomic mass is 32.2. The molecule has 140 valence electrons. The summed E-state index contributed by atoms with van der Waals surface area (Å²) in [7, 11) is -0.814. The fraction of sp³-hybridized carbons (Fsp3) is 0.316. The van der Waals surface area contributed by atoms with E-state index in [1.807, 2.05) is 25.1 Å². The average Bonchev–Trinajstić information content (AvgIpc) is 2.60. The van der Waals surface area contributed by atoms with Crippen molar-refractivity contribution >= 4 is 16.0 Å². The monoisotopic (exact) mass is 377 g/mol. The molecule has 0 aliphatic carbocycles.